The molecule has 0 aromatic heterocycles. The Hall–Kier alpha value is 0.160. The van der Waals surface area contributed by atoms with Gasteiger partial charge < -0.3 is 17.4 Å². The zero-order chi connectivity index (χ0) is 17.7. The van der Waals surface area contributed by atoms with E-state index in [-0.39, 0.29) is 31.3 Å². The molecule has 3 unspecified atom stereocenters. The molecule has 1 N–H and O–H groups in total. The Balaban J connectivity index is 1.88. The van der Waals surface area contributed by atoms with Gasteiger partial charge in [-0.3, -0.25) is 9.05 Å². The van der Waals surface area contributed by atoms with Gasteiger partial charge in [-0.25, -0.2) is 4.57 Å². The summed E-state index contributed by atoms with van der Waals surface area (Å²) in [5, 5.41) is 3.43. The molecule has 14 heteroatoms. The van der Waals surface area contributed by atoms with Gasteiger partial charge in [0.2, 0.25) is 0 Å². The number of phosphoric ester groups is 1. The lowest BCUT2D eigenvalue weighted by Gasteiger charge is -2.22. The van der Waals surface area contributed by atoms with E-state index in [1.165, 1.54) is 0 Å². The number of phosphoric acid groups is 1. The van der Waals surface area contributed by atoms with Crippen LogP contribution in [0.25, 0.3) is 10.4 Å². The predicted molar refractivity (Wildman–Crippen MR) is 97.2 cm³/mol. The van der Waals surface area contributed by atoms with Crippen molar-refractivity contribution in [2.45, 2.75) is 49.3 Å². The second-order valence-electron chi connectivity index (χ2n) is 5.89. The first kappa shape index (κ1) is 20.5. The van der Waals surface area contributed by atoms with Gasteiger partial charge in [-0.05, 0) is 18.4 Å². The number of hydrogen-bond acceptors (Lipinski definition) is 7. The number of nitrogens with zero attached hydrogens (tertiary/aromatic N) is 3. The summed E-state index contributed by atoms with van der Waals surface area (Å²) in [7, 11) is -0.590. The predicted octanol–water partition coefficient (Wildman–Crippen LogP) is 0.0303. The van der Waals surface area contributed by atoms with E-state index in [1.54, 1.807) is 23.0 Å². The van der Waals surface area contributed by atoms with Crippen LogP contribution in [0.5, 0.6) is 0 Å². The van der Waals surface area contributed by atoms with Gasteiger partial charge in [0.05, 0.1) is 25.4 Å². The van der Waals surface area contributed by atoms with Crippen molar-refractivity contribution < 1.29 is 31.0 Å². The van der Waals surface area contributed by atoms with Crippen LogP contribution in [0.4, 0.5) is 0 Å². The van der Waals surface area contributed by atoms with Crippen LogP contribution in [0.1, 0.15) is 12.8 Å². The standard InChI is InChI=1S/C10H19B2IN3O7P/c11-9-1-5(22-13)8(21-9)4-19-24(17,18)23-6-2-10(12)20-7(6)3-15-16-14/h5-10H,1-4,11-12H2,(H,17,18)/t5?,6?,7-,8-,9-,10-/m1/s1. The van der Waals surface area contributed by atoms with Crippen molar-refractivity contribution in [3.8, 4) is 0 Å². The third-order valence-corrected chi connectivity index (χ3v) is 5.55. The lowest BCUT2D eigenvalue weighted by atomic mass is 9.96. The second kappa shape index (κ2) is 9.20. The molecule has 2 aliphatic heterocycles. The number of ether oxygens (including phenoxy) is 2. The Morgan fingerprint density at radius 2 is 1.92 bits per heavy atom. The van der Waals surface area contributed by atoms with Crippen molar-refractivity contribution >= 4 is 46.5 Å². The quantitative estimate of drug-likeness (QED) is 0.132. The first-order chi connectivity index (χ1) is 11.3. The summed E-state index contributed by atoms with van der Waals surface area (Å²) in [4.78, 5) is 12.6. The summed E-state index contributed by atoms with van der Waals surface area (Å²) in [6.45, 7) is -0.0879. The maximum Gasteiger partial charge on any atom is 0.472 e. The fourth-order valence-corrected chi connectivity index (χ4v) is 4.33. The minimum atomic E-state index is -4.30. The highest BCUT2D eigenvalue weighted by atomic mass is 127. The molecule has 2 heterocycles. The summed E-state index contributed by atoms with van der Waals surface area (Å²) >= 11 is 1.78. The molecule has 2 aliphatic rings. The minimum absolute atomic E-state index is 0.00494. The van der Waals surface area contributed by atoms with Crippen LogP contribution in [0.3, 0.4) is 0 Å². The van der Waals surface area contributed by atoms with Crippen LogP contribution in [0.15, 0.2) is 5.11 Å². The Kier molecular flexibility index (Phi) is 7.85. The smallest absolute Gasteiger partial charge is 0.381 e. The minimum Gasteiger partial charge on any atom is -0.381 e. The van der Waals surface area contributed by atoms with Crippen molar-refractivity contribution in [3.05, 3.63) is 10.4 Å². The van der Waals surface area contributed by atoms with Gasteiger partial charge in [0.1, 0.15) is 50.9 Å². The monoisotopic (exact) mass is 473 g/mol. The van der Waals surface area contributed by atoms with Crippen molar-refractivity contribution in [3.63, 3.8) is 0 Å². The van der Waals surface area contributed by atoms with Gasteiger partial charge in [-0.1, -0.05) is 5.11 Å². The van der Waals surface area contributed by atoms with Crippen LogP contribution in [0, 0.1) is 0 Å². The molecule has 24 heavy (non-hydrogen) atoms. The summed E-state index contributed by atoms with van der Waals surface area (Å²) in [6, 6.07) is -0.167. The van der Waals surface area contributed by atoms with Gasteiger partial charge in [0, 0.05) is 16.9 Å². The molecule has 0 aromatic carbocycles. The molecule has 7 atom stereocenters. The lowest BCUT2D eigenvalue weighted by molar-refractivity contribution is -0.00415. The third-order valence-electron chi connectivity index (χ3n) is 3.88. The molecule has 0 spiro atoms. The average molecular weight is 473 g/mol. The van der Waals surface area contributed by atoms with E-state index >= 15 is 0 Å². The number of azide groups is 1. The van der Waals surface area contributed by atoms with Gasteiger partial charge in [0.25, 0.3) is 0 Å². The van der Waals surface area contributed by atoms with E-state index < -0.39 is 26.1 Å². The Morgan fingerprint density at radius 1 is 1.29 bits per heavy atom. The molecule has 2 rings (SSSR count). The average Bonchev–Trinajstić information content (AvgIpc) is 3.04. The Bertz CT molecular complexity index is 529. The fourth-order valence-electron chi connectivity index (χ4n) is 2.84. The molecule has 0 bridgehead atoms. The molecule has 0 amide bonds. The topological polar surface area (TPSA) is 132 Å². The molecule has 0 saturated carbocycles. The van der Waals surface area contributed by atoms with E-state index in [4.69, 9.17) is 27.1 Å². The Labute approximate surface area is 155 Å². The molecule has 2 saturated heterocycles. The van der Waals surface area contributed by atoms with Crippen molar-refractivity contribution in [1.29, 1.82) is 0 Å². The summed E-state index contributed by atoms with van der Waals surface area (Å²) < 4.78 is 38.8. The molecular formula is C10H19B2IN3O7P. The van der Waals surface area contributed by atoms with Crippen LogP contribution in [-0.2, 0) is 26.2 Å². The van der Waals surface area contributed by atoms with Crippen LogP contribution in [-0.4, -0.2) is 70.2 Å². The first-order valence-electron chi connectivity index (χ1n) is 7.59. The van der Waals surface area contributed by atoms with E-state index in [0.717, 1.165) is 0 Å². The zero-order valence-electron chi connectivity index (χ0n) is 13.4. The second-order valence-corrected chi connectivity index (χ2v) is 7.81. The highest BCUT2D eigenvalue weighted by Gasteiger charge is 2.40. The van der Waals surface area contributed by atoms with E-state index in [2.05, 4.69) is 10.0 Å². The zero-order valence-corrected chi connectivity index (χ0v) is 16.4. The van der Waals surface area contributed by atoms with Gasteiger partial charge in [0.15, 0.2) is 0 Å². The number of halogens is 1. The van der Waals surface area contributed by atoms with Crippen LogP contribution < -0.4 is 0 Å². The SMILES string of the molecule is B[C@H]1CC(OI)[C@@H](COP(=O)(O)OC2C[C@H](B)O[C@@H]2CN=[N+]=[N-])O1. The highest BCUT2D eigenvalue weighted by Crippen LogP contribution is 2.47. The largest absolute Gasteiger partial charge is 0.472 e. The summed E-state index contributed by atoms with van der Waals surface area (Å²) in [5.41, 5.74) is 8.39. The molecule has 10 nitrogen and oxygen atoms in total. The number of hydrogen-bond donors (Lipinski definition) is 1. The Morgan fingerprint density at radius 3 is 2.54 bits per heavy atom. The maximum atomic E-state index is 12.2. The molecule has 0 radical (unpaired) electrons. The van der Waals surface area contributed by atoms with E-state index in [9.17, 15) is 9.46 Å². The summed E-state index contributed by atoms with van der Waals surface area (Å²) in [6.07, 6.45) is -0.785. The van der Waals surface area contributed by atoms with Crippen molar-refractivity contribution in [2.24, 2.45) is 5.11 Å². The van der Waals surface area contributed by atoms with Gasteiger partial charge in [-0.15, -0.1) is 0 Å². The van der Waals surface area contributed by atoms with Crippen LogP contribution in [0.2, 0.25) is 0 Å². The summed E-state index contributed by atoms with van der Waals surface area (Å²) in [5.74, 6) is 0. The van der Waals surface area contributed by atoms with E-state index in [1.807, 2.05) is 15.7 Å². The van der Waals surface area contributed by atoms with Gasteiger partial charge >= 0.3 is 7.82 Å². The normalized spacial score (nSPS) is 38.6. The maximum absolute atomic E-state index is 12.2. The van der Waals surface area contributed by atoms with Crippen molar-refractivity contribution in [2.75, 3.05) is 13.2 Å². The molecule has 2 fully saturated rings. The number of rotatable bonds is 8. The molecular weight excluding hydrogens is 454 g/mol. The molecule has 134 valence electrons. The fraction of sp³-hybridized carbons (Fsp3) is 1.00. The first-order valence-corrected chi connectivity index (χ1v) is 9.97. The van der Waals surface area contributed by atoms with Crippen molar-refractivity contribution in [1.82, 2.24) is 0 Å². The molecule has 0 aliphatic carbocycles. The molecule has 0 aromatic rings. The highest BCUT2D eigenvalue weighted by molar-refractivity contribution is 14.1. The van der Waals surface area contributed by atoms with Crippen LogP contribution >= 0.6 is 30.8 Å². The van der Waals surface area contributed by atoms with Gasteiger partial charge in [-0.2, -0.15) is 0 Å². The lowest BCUT2D eigenvalue weighted by Crippen LogP contribution is -2.29. The third kappa shape index (κ3) is 5.86. The van der Waals surface area contributed by atoms with E-state index in [0.29, 0.717) is 12.8 Å².